The molecule has 0 aliphatic carbocycles. The molecule has 1 aliphatic rings. The predicted octanol–water partition coefficient (Wildman–Crippen LogP) is 4.06. The molecule has 0 spiro atoms. The Bertz CT molecular complexity index is 678. The van der Waals surface area contributed by atoms with Crippen LogP contribution < -0.4 is 5.32 Å². The number of anilines is 1. The number of aromatic nitrogens is 2. The van der Waals surface area contributed by atoms with E-state index in [1.165, 1.54) is 0 Å². The molecule has 1 aliphatic heterocycles. The summed E-state index contributed by atoms with van der Waals surface area (Å²) >= 11 is 9.64. The highest BCUT2D eigenvalue weighted by atomic mass is 79.9. The third-order valence-electron chi connectivity index (χ3n) is 3.34. The van der Waals surface area contributed by atoms with E-state index in [0.29, 0.717) is 24.1 Å². The third-order valence-corrected chi connectivity index (χ3v) is 4.26. The summed E-state index contributed by atoms with van der Waals surface area (Å²) in [4.78, 5) is 9.37. The van der Waals surface area contributed by atoms with E-state index in [1.807, 2.05) is 25.1 Å². The van der Waals surface area contributed by atoms with Crippen LogP contribution in [0.5, 0.6) is 0 Å². The van der Waals surface area contributed by atoms with Gasteiger partial charge in [-0.05, 0) is 25.1 Å². The van der Waals surface area contributed by atoms with Crippen molar-refractivity contribution in [1.29, 1.82) is 0 Å². The third kappa shape index (κ3) is 3.05. The van der Waals surface area contributed by atoms with Gasteiger partial charge in [0.1, 0.15) is 5.82 Å². The minimum atomic E-state index is 0.564. The van der Waals surface area contributed by atoms with Gasteiger partial charge in [0, 0.05) is 33.6 Å². The van der Waals surface area contributed by atoms with Crippen LogP contribution in [0.25, 0.3) is 11.4 Å². The Balaban J connectivity index is 2.14. The molecule has 0 unspecified atom stereocenters. The van der Waals surface area contributed by atoms with E-state index in [2.05, 4.69) is 26.2 Å². The molecule has 2 aromatic rings. The second kappa shape index (κ2) is 6.30. The summed E-state index contributed by atoms with van der Waals surface area (Å²) in [5.41, 5.74) is 3.01. The van der Waals surface area contributed by atoms with Crippen molar-refractivity contribution in [3.8, 4) is 11.4 Å². The van der Waals surface area contributed by atoms with E-state index >= 15 is 0 Å². The van der Waals surface area contributed by atoms with Crippen LogP contribution in [-0.2, 0) is 17.8 Å². The highest BCUT2D eigenvalue weighted by Gasteiger charge is 2.19. The molecule has 2 heterocycles. The van der Waals surface area contributed by atoms with Crippen LogP contribution in [0.3, 0.4) is 0 Å². The zero-order valence-corrected chi connectivity index (χ0v) is 14.0. The van der Waals surface area contributed by atoms with E-state index in [1.54, 1.807) is 0 Å². The van der Waals surface area contributed by atoms with Gasteiger partial charge >= 0.3 is 0 Å². The summed E-state index contributed by atoms with van der Waals surface area (Å²) in [6.45, 7) is 4.12. The molecule has 3 rings (SSSR count). The molecule has 4 nitrogen and oxygen atoms in total. The first-order chi connectivity index (χ1) is 10.2. The Hall–Kier alpha value is -1.17. The van der Waals surface area contributed by atoms with Gasteiger partial charge in [0.2, 0.25) is 0 Å². The van der Waals surface area contributed by atoms with Crippen molar-refractivity contribution in [3.05, 3.63) is 39.0 Å². The largest absolute Gasteiger partial charge is 0.376 e. The predicted molar refractivity (Wildman–Crippen MR) is 87.7 cm³/mol. The first-order valence-corrected chi connectivity index (χ1v) is 8.03. The van der Waals surface area contributed by atoms with Gasteiger partial charge in [-0.2, -0.15) is 0 Å². The lowest BCUT2D eigenvalue weighted by molar-refractivity contribution is 0.109. The molecule has 0 radical (unpaired) electrons. The molecule has 0 amide bonds. The van der Waals surface area contributed by atoms with Gasteiger partial charge < -0.3 is 10.1 Å². The zero-order valence-electron chi connectivity index (χ0n) is 11.6. The highest BCUT2D eigenvalue weighted by Crippen LogP contribution is 2.32. The van der Waals surface area contributed by atoms with E-state index in [0.717, 1.165) is 40.1 Å². The van der Waals surface area contributed by atoms with E-state index < -0.39 is 0 Å². The summed E-state index contributed by atoms with van der Waals surface area (Å²) in [5.74, 6) is 1.53. The first kappa shape index (κ1) is 14.8. The van der Waals surface area contributed by atoms with Crippen LogP contribution in [-0.4, -0.2) is 23.1 Å². The molecule has 0 saturated carbocycles. The summed E-state index contributed by atoms with van der Waals surface area (Å²) in [6.07, 6.45) is 0.807. The Kier molecular flexibility index (Phi) is 4.42. The number of nitrogens with zero attached hydrogens (tertiary/aromatic N) is 2. The number of halogens is 2. The van der Waals surface area contributed by atoms with Crippen LogP contribution in [0.15, 0.2) is 22.7 Å². The van der Waals surface area contributed by atoms with Crippen molar-refractivity contribution in [3.63, 3.8) is 0 Å². The van der Waals surface area contributed by atoms with E-state index in [-0.39, 0.29) is 0 Å². The number of benzene rings is 1. The molecule has 1 aromatic heterocycles. The number of fused-ring (bicyclic) bond motifs is 1. The van der Waals surface area contributed by atoms with Gasteiger partial charge in [0.25, 0.3) is 0 Å². The molecule has 1 aromatic carbocycles. The fourth-order valence-corrected chi connectivity index (χ4v) is 2.93. The Morgan fingerprint density at radius 3 is 3.05 bits per heavy atom. The number of rotatable bonds is 3. The van der Waals surface area contributed by atoms with E-state index in [4.69, 9.17) is 21.3 Å². The monoisotopic (exact) mass is 367 g/mol. The number of hydrogen-bond acceptors (Lipinski definition) is 4. The number of hydrogen-bond donors (Lipinski definition) is 1. The van der Waals surface area contributed by atoms with Gasteiger partial charge in [-0.15, -0.1) is 0 Å². The molecule has 21 heavy (non-hydrogen) atoms. The second-order valence-electron chi connectivity index (χ2n) is 4.78. The topological polar surface area (TPSA) is 47.0 Å². The first-order valence-electron chi connectivity index (χ1n) is 6.86. The maximum Gasteiger partial charge on any atom is 0.162 e. The molecule has 1 N–H and O–H groups in total. The summed E-state index contributed by atoms with van der Waals surface area (Å²) in [6, 6.07) is 5.63. The summed E-state index contributed by atoms with van der Waals surface area (Å²) in [7, 11) is 0. The standard InChI is InChI=1S/C15H15BrClN3O/c1-2-18-14-11-8-21-6-5-13(11)19-15(20-14)10-7-9(17)3-4-12(10)16/h3-4,7H,2,5-6,8H2,1H3,(H,18,19,20). The van der Waals surface area contributed by atoms with Crippen molar-refractivity contribution in [1.82, 2.24) is 9.97 Å². The van der Waals surface area contributed by atoms with Gasteiger partial charge in [-0.3, -0.25) is 0 Å². The maximum atomic E-state index is 6.10. The highest BCUT2D eigenvalue weighted by molar-refractivity contribution is 9.10. The fourth-order valence-electron chi connectivity index (χ4n) is 2.33. The molecule has 0 saturated heterocycles. The average Bonchev–Trinajstić information content (AvgIpc) is 2.50. The Labute approximate surface area is 137 Å². The van der Waals surface area contributed by atoms with Crippen LogP contribution >= 0.6 is 27.5 Å². The van der Waals surface area contributed by atoms with Crippen LogP contribution in [0.2, 0.25) is 5.02 Å². The lowest BCUT2D eigenvalue weighted by Gasteiger charge is -2.20. The minimum absolute atomic E-state index is 0.564. The van der Waals surface area contributed by atoms with Crippen molar-refractivity contribution >= 4 is 33.3 Å². The van der Waals surface area contributed by atoms with Crippen LogP contribution in [0.1, 0.15) is 18.2 Å². The van der Waals surface area contributed by atoms with Crippen LogP contribution in [0.4, 0.5) is 5.82 Å². The molecular formula is C15H15BrClN3O. The molecular weight excluding hydrogens is 354 g/mol. The van der Waals surface area contributed by atoms with Gasteiger partial charge in [-0.25, -0.2) is 9.97 Å². The van der Waals surface area contributed by atoms with Crippen molar-refractivity contribution in [2.75, 3.05) is 18.5 Å². The molecule has 0 atom stereocenters. The summed E-state index contributed by atoms with van der Waals surface area (Å²) < 4.78 is 6.45. The van der Waals surface area contributed by atoms with Crippen molar-refractivity contribution in [2.24, 2.45) is 0 Å². The normalized spacial score (nSPS) is 13.9. The molecule has 0 bridgehead atoms. The average molecular weight is 369 g/mol. The lowest BCUT2D eigenvalue weighted by atomic mass is 10.1. The fraction of sp³-hybridized carbons (Fsp3) is 0.333. The number of ether oxygens (including phenoxy) is 1. The quantitative estimate of drug-likeness (QED) is 0.887. The van der Waals surface area contributed by atoms with E-state index in [9.17, 15) is 0 Å². The van der Waals surface area contributed by atoms with Gasteiger partial charge in [0.15, 0.2) is 5.82 Å². The van der Waals surface area contributed by atoms with Crippen LogP contribution in [0, 0.1) is 0 Å². The second-order valence-corrected chi connectivity index (χ2v) is 6.07. The van der Waals surface area contributed by atoms with Crippen molar-refractivity contribution in [2.45, 2.75) is 20.0 Å². The van der Waals surface area contributed by atoms with Gasteiger partial charge in [-0.1, -0.05) is 27.5 Å². The molecule has 6 heteroatoms. The SMILES string of the molecule is CCNc1nc(-c2cc(Cl)ccc2Br)nc2c1COCC2. The van der Waals surface area contributed by atoms with Crippen molar-refractivity contribution < 1.29 is 4.74 Å². The Morgan fingerprint density at radius 1 is 1.38 bits per heavy atom. The smallest absolute Gasteiger partial charge is 0.162 e. The Morgan fingerprint density at radius 2 is 2.24 bits per heavy atom. The minimum Gasteiger partial charge on any atom is -0.376 e. The maximum absolute atomic E-state index is 6.10. The molecule has 110 valence electrons. The number of nitrogens with one attached hydrogen (secondary N) is 1. The lowest BCUT2D eigenvalue weighted by Crippen LogP contribution is -2.17. The summed E-state index contributed by atoms with van der Waals surface area (Å²) in [5, 5.41) is 3.97. The molecule has 0 fully saturated rings. The van der Waals surface area contributed by atoms with Gasteiger partial charge in [0.05, 0.1) is 18.9 Å². The zero-order chi connectivity index (χ0) is 14.8.